The minimum absolute atomic E-state index is 0.433. The Morgan fingerprint density at radius 1 is 1.44 bits per heavy atom. The maximum absolute atomic E-state index is 11.3. The van der Waals surface area contributed by atoms with Crippen molar-refractivity contribution in [1.29, 1.82) is 0 Å². The molecule has 0 saturated carbocycles. The fourth-order valence-corrected chi connectivity index (χ4v) is 1.94. The first-order valence-corrected chi connectivity index (χ1v) is 4.96. The van der Waals surface area contributed by atoms with E-state index in [2.05, 4.69) is 4.99 Å². The first kappa shape index (κ1) is 8.96. The molecule has 5 heteroatoms. The van der Waals surface area contributed by atoms with Gasteiger partial charge in [0.25, 0.3) is 5.91 Å². The van der Waals surface area contributed by atoms with Gasteiger partial charge in [0.15, 0.2) is 0 Å². The number of nitrogens with zero attached hydrogens (tertiary/aromatic N) is 3. The molecule has 2 aliphatic rings. The van der Waals surface area contributed by atoms with Gasteiger partial charge in [-0.15, -0.1) is 0 Å². The van der Waals surface area contributed by atoms with E-state index in [0.29, 0.717) is 12.2 Å². The lowest BCUT2D eigenvalue weighted by Gasteiger charge is -2.29. The Labute approximate surface area is 92.2 Å². The summed E-state index contributed by atoms with van der Waals surface area (Å²) >= 11 is 0. The summed E-state index contributed by atoms with van der Waals surface area (Å²) in [6, 6.07) is 3.60. The largest absolute Gasteiger partial charge is 0.364 e. The molecule has 0 saturated heterocycles. The third kappa shape index (κ3) is 1.11. The van der Waals surface area contributed by atoms with Crippen LogP contribution in [-0.2, 0) is 0 Å². The van der Waals surface area contributed by atoms with E-state index < -0.39 is 5.91 Å². The maximum atomic E-state index is 11.3. The van der Waals surface area contributed by atoms with E-state index in [0.717, 1.165) is 11.5 Å². The number of carbonyl (C=O) groups excluding carboxylic acids is 1. The predicted molar refractivity (Wildman–Crippen MR) is 61.5 cm³/mol. The van der Waals surface area contributed by atoms with Gasteiger partial charge in [0.1, 0.15) is 11.5 Å². The molecule has 1 amide bonds. The first-order chi connectivity index (χ1) is 7.77. The Kier molecular flexibility index (Phi) is 1.73. The molecule has 0 aliphatic carbocycles. The van der Waals surface area contributed by atoms with Gasteiger partial charge in [-0.25, -0.2) is 0 Å². The molecule has 0 unspecified atom stereocenters. The summed E-state index contributed by atoms with van der Waals surface area (Å²) in [5.41, 5.74) is 6.75. The molecule has 2 aliphatic heterocycles. The van der Waals surface area contributed by atoms with Crippen molar-refractivity contribution in [2.45, 2.75) is 0 Å². The van der Waals surface area contributed by atoms with E-state index in [9.17, 15) is 4.79 Å². The number of primary amides is 1. The summed E-state index contributed by atoms with van der Waals surface area (Å²) in [4.78, 5) is 17.4. The lowest BCUT2D eigenvalue weighted by atomic mass is 10.3. The molecule has 16 heavy (non-hydrogen) atoms. The lowest BCUT2D eigenvalue weighted by Crippen LogP contribution is -2.29. The van der Waals surface area contributed by atoms with Crippen molar-refractivity contribution in [3.8, 4) is 0 Å². The monoisotopic (exact) mass is 214 g/mol. The average Bonchev–Trinajstić information content (AvgIpc) is 2.73. The summed E-state index contributed by atoms with van der Waals surface area (Å²) < 4.78 is 1.82. The molecule has 0 aromatic carbocycles. The normalized spacial score (nSPS) is 16.8. The Balaban J connectivity index is 2.23. The number of fused-ring (bicyclic) bond motifs is 3. The smallest absolute Gasteiger partial charge is 0.265 e. The molecular weight excluding hydrogens is 204 g/mol. The number of carbonyl (C=O) groups is 1. The number of nitrogens with two attached hydrogens (primary N) is 1. The van der Waals surface area contributed by atoms with E-state index in [1.54, 1.807) is 12.3 Å². The molecule has 2 N–H and O–H groups in total. The van der Waals surface area contributed by atoms with Crippen LogP contribution in [0.4, 0.5) is 0 Å². The molecule has 0 bridgehead atoms. The molecule has 3 rings (SSSR count). The van der Waals surface area contributed by atoms with Crippen LogP contribution in [-0.4, -0.2) is 28.1 Å². The minimum Gasteiger partial charge on any atom is -0.364 e. The number of amides is 1. The van der Waals surface area contributed by atoms with Gasteiger partial charge < -0.3 is 10.6 Å². The summed E-state index contributed by atoms with van der Waals surface area (Å²) in [6.07, 6.45) is 7.45. The van der Waals surface area contributed by atoms with Gasteiger partial charge in [-0.2, -0.15) is 0 Å². The van der Waals surface area contributed by atoms with Gasteiger partial charge in [-0.1, -0.05) is 0 Å². The highest BCUT2D eigenvalue weighted by molar-refractivity contribution is 5.93. The van der Waals surface area contributed by atoms with Crippen molar-refractivity contribution in [2.75, 3.05) is 6.54 Å². The Morgan fingerprint density at radius 3 is 3.12 bits per heavy atom. The highest BCUT2D eigenvalue weighted by Crippen LogP contribution is 2.26. The zero-order chi connectivity index (χ0) is 11.1. The van der Waals surface area contributed by atoms with Crippen LogP contribution in [0, 0.1) is 0 Å². The third-order valence-electron chi connectivity index (χ3n) is 2.69. The van der Waals surface area contributed by atoms with E-state index in [1.807, 2.05) is 34.0 Å². The molecule has 1 aromatic heterocycles. The first-order valence-electron chi connectivity index (χ1n) is 4.96. The van der Waals surface area contributed by atoms with E-state index in [-0.39, 0.29) is 0 Å². The summed E-state index contributed by atoms with van der Waals surface area (Å²) in [5, 5.41) is 0. The van der Waals surface area contributed by atoms with Gasteiger partial charge >= 0.3 is 0 Å². The third-order valence-corrected chi connectivity index (χ3v) is 2.69. The molecule has 0 fully saturated rings. The highest BCUT2D eigenvalue weighted by Gasteiger charge is 2.22. The second kappa shape index (κ2) is 3.10. The van der Waals surface area contributed by atoms with Crippen molar-refractivity contribution >= 4 is 24.0 Å². The van der Waals surface area contributed by atoms with Crippen molar-refractivity contribution in [2.24, 2.45) is 10.7 Å². The van der Waals surface area contributed by atoms with Gasteiger partial charge in [-0.05, 0) is 18.2 Å². The second-order valence-corrected chi connectivity index (χ2v) is 3.63. The molecule has 5 nitrogen and oxygen atoms in total. The lowest BCUT2D eigenvalue weighted by molar-refractivity contribution is 0.0993. The minimum atomic E-state index is -0.433. The van der Waals surface area contributed by atoms with Crippen LogP contribution in [0.15, 0.2) is 29.5 Å². The van der Waals surface area contributed by atoms with Crippen LogP contribution in [0.25, 0.3) is 11.9 Å². The second-order valence-electron chi connectivity index (χ2n) is 3.63. The molecule has 0 atom stereocenters. The maximum Gasteiger partial charge on any atom is 0.265 e. The van der Waals surface area contributed by atoms with Gasteiger partial charge in [0, 0.05) is 18.1 Å². The van der Waals surface area contributed by atoms with Crippen LogP contribution in [0.1, 0.15) is 16.2 Å². The molecule has 1 aromatic rings. The summed E-state index contributed by atoms with van der Waals surface area (Å²) in [7, 11) is 0. The Morgan fingerprint density at radius 2 is 2.31 bits per heavy atom. The number of aliphatic imine (C=N–C) groups is 1. The van der Waals surface area contributed by atoms with Crippen molar-refractivity contribution in [1.82, 2.24) is 9.47 Å². The van der Waals surface area contributed by atoms with Crippen molar-refractivity contribution in [3.05, 3.63) is 35.9 Å². The van der Waals surface area contributed by atoms with Gasteiger partial charge in [0.05, 0.1) is 12.7 Å². The number of hydrogen-bond acceptors (Lipinski definition) is 3. The van der Waals surface area contributed by atoms with Gasteiger partial charge in [-0.3, -0.25) is 14.4 Å². The molecule has 80 valence electrons. The number of rotatable bonds is 1. The van der Waals surface area contributed by atoms with Crippen molar-refractivity contribution < 1.29 is 4.79 Å². The van der Waals surface area contributed by atoms with Crippen LogP contribution >= 0.6 is 0 Å². The van der Waals surface area contributed by atoms with E-state index in [4.69, 9.17) is 5.73 Å². The Hall–Kier alpha value is -2.30. The average molecular weight is 214 g/mol. The summed E-state index contributed by atoms with van der Waals surface area (Å²) in [6.45, 7) is 0.707. The van der Waals surface area contributed by atoms with E-state index in [1.165, 1.54) is 0 Å². The fourth-order valence-electron chi connectivity index (χ4n) is 1.94. The standard InChI is InChI=1S/C11H10N4O/c12-11(16)9-2-1-8-3-5-14-6-4-13-7-10(14)15(8)9/h1-5,7H,6H2,(H2,12,16). The molecule has 0 spiro atoms. The van der Waals surface area contributed by atoms with E-state index >= 15 is 0 Å². The number of aromatic nitrogens is 1. The van der Waals surface area contributed by atoms with Crippen molar-refractivity contribution in [3.63, 3.8) is 0 Å². The topological polar surface area (TPSA) is 63.6 Å². The molecule has 0 radical (unpaired) electrons. The van der Waals surface area contributed by atoms with Crippen LogP contribution in [0.5, 0.6) is 0 Å². The molecular formula is C11H10N4O. The Bertz CT molecular complexity index is 550. The zero-order valence-corrected chi connectivity index (χ0v) is 8.50. The predicted octanol–water partition coefficient (Wildman–Crippen LogP) is 0.714. The molecule has 3 heterocycles. The summed E-state index contributed by atoms with van der Waals surface area (Å²) in [5.74, 6) is 0.427. The number of hydrogen-bond donors (Lipinski definition) is 1. The van der Waals surface area contributed by atoms with Crippen LogP contribution in [0.2, 0.25) is 0 Å². The van der Waals surface area contributed by atoms with Gasteiger partial charge in [0.2, 0.25) is 0 Å². The highest BCUT2D eigenvalue weighted by atomic mass is 16.1. The SMILES string of the molecule is NC(=O)c1ccc2n1C1=CN=CCN1C=C2. The van der Waals surface area contributed by atoms with Crippen LogP contribution < -0.4 is 5.73 Å². The fraction of sp³-hybridized carbons (Fsp3) is 0.0909. The zero-order valence-electron chi connectivity index (χ0n) is 8.50. The van der Waals surface area contributed by atoms with Crippen LogP contribution in [0.3, 0.4) is 0 Å². The quantitative estimate of drug-likeness (QED) is 0.748.